The molecule has 0 radical (unpaired) electrons. The van der Waals surface area contributed by atoms with Gasteiger partial charge in [-0.2, -0.15) is 15.4 Å². The van der Waals surface area contributed by atoms with E-state index in [0.717, 1.165) is 5.69 Å². The van der Waals surface area contributed by atoms with Crippen molar-refractivity contribution in [1.29, 1.82) is 0 Å². The Balaban J connectivity index is 1.98. The van der Waals surface area contributed by atoms with E-state index in [9.17, 15) is 0 Å². The van der Waals surface area contributed by atoms with Gasteiger partial charge in [0.05, 0.1) is 25.1 Å². The third-order valence-corrected chi connectivity index (χ3v) is 1.70. The number of hydrogen-bond donors (Lipinski definition) is 2. The van der Waals surface area contributed by atoms with Crippen LogP contribution in [0.3, 0.4) is 0 Å². The molecule has 0 aliphatic heterocycles. The van der Waals surface area contributed by atoms with Crippen molar-refractivity contribution in [2.75, 3.05) is 5.32 Å². The Morgan fingerprint density at radius 3 is 3.00 bits per heavy atom. The summed E-state index contributed by atoms with van der Waals surface area (Å²) >= 11 is 5.66. The molecule has 0 saturated heterocycles. The second kappa shape index (κ2) is 4.01. The highest BCUT2D eigenvalue weighted by molar-refractivity contribution is 6.29. The molecule has 6 nitrogen and oxygen atoms in total. The Labute approximate surface area is 84.7 Å². The van der Waals surface area contributed by atoms with Gasteiger partial charge in [0.2, 0.25) is 0 Å². The Kier molecular flexibility index (Phi) is 2.55. The zero-order chi connectivity index (χ0) is 9.80. The van der Waals surface area contributed by atoms with Crippen molar-refractivity contribution in [2.45, 2.75) is 6.54 Å². The molecule has 0 unspecified atom stereocenters. The maximum absolute atomic E-state index is 5.66. The summed E-state index contributed by atoms with van der Waals surface area (Å²) < 4.78 is 0. The third-order valence-electron chi connectivity index (χ3n) is 1.52. The summed E-state index contributed by atoms with van der Waals surface area (Å²) in [5.41, 5.74) is 0.798. The van der Waals surface area contributed by atoms with E-state index >= 15 is 0 Å². The van der Waals surface area contributed by atoms with Crippen LogP contribution in [0, 0.1) is 0 Å². The van der Waals surface area contributed by atoms with E-state index in [-0.39, 0.29) is 0 Å². The van der Waals surface area contributed by atoms with Gasteiger partial charge in [-0.1, -0.05) is 11.6 Å². The first-order valence-corrected chi connectivity index (χ1v) is 4.28. The lowest BCUT2D eigenvalue weighted by Gasteiger charge is -2.01. The molecule has 0 aliphatic rings. The third kappa shape index (κ3) is 2.17. The first-order chi connectivity index (χ1) is 6.84. The minimum atomic E-state index is 0.357. The number of anilines is 1. The Morgan fingerprint density at radius 2 is 2.29 bits per heavy atom. The van der Waals surface area contributed by atoms with Gasteiger partial charge in [-0.3, -0.25) is 4.98 Å². The Bertz CT molecular complexity index is 400. The van der Waals surface area contributed by atoms with E-state index in [1.807, 2.05) is 0 Å². The summed E-state index contributed by atoms with van der Waals surface area (Å²) in [6.07, 6.45) is 4.69. The summed E-state index contributed by atoms with van der Waals surface area (Å²) in [5, 5.41) is 13.4. The van der Waals surface area contributed by atoms with Crippen LogP contribution in [-0.2, 0) is 6.54 Å². The molecule has 0 fully saturated rings. The quantitative estimate of drug-likeness (QED) is 0.786. The second-order valence-corrected chi connectivity index (χ2v) is 2.93. The summed E-state index contributed by atoms with van der Waals surface area (Å²) in [6.45, 7) is 0.533. The number of hydrogen-bond acceptors (Lipinski definition) is 5. The highest BCUT2D eigenvalue weighted by atomic mass is 35.5. The average molecular weight is 211 g/mol. The van der Waals surface area contributed by atoms with Gasteiger partial charge in [-0.25, -0.2) is 4.98 Å². The minimum absolute atomic E-state index is 0.357. The van der Waals surface area contributed by atoms with Crippen LogP contribution < -0.4 is 5.32 Å². The van der Waals surface area contributed by atoms with Gasteiger partial charge in [0.15, 0.2) is 0 Å². The molecule has 72 valence electrons. The fourth-order valence-electron chi connectivity index (χ4n) is 0.919. The topological polar surface area (TPSA) is 79.4 Å². The van der Waals surface area contributed by atoms with Crippen LogP contribution in [0.25, 0.3) is 0 Å². The molecule has 2 aromatic heterocycles. The molecule has 0 bridgehead atoms. The Hall–Kier alpha value is -1.69. The number of H-pyrrole nitrogens is 1. The van der Waals surface area contributed by atoms with Crippen LogP contribution in [0.15, 0.2) is 18.6 Å². The molecule has 0 saturated carbocycles. The number of halogens is 1. The predicted octanol–water partition coefficient (Wildman–Crippen LogP) is 0.860. The number of nitrogens with zero attached hydrogens (tertiary/aromatic N) is 4. The van der Waals surface area contributed by atoms with Crippen molar-refractivity contribution in [3.05, 3.63) is 29.4 Å². The van der Waals surface area contributed by atoms with Crippen LogP contribution in [0.5, 0.6) is 0 Å². The van der Waals surface area contributed by atoms with Gasteiger partial charge in [-0.15, -0.1) is 0 Å². The number of aromatic amines is 1. The van der Waals surface area contributed by atoms with Crippen LogP contribution in [0.1, 0.15) is 5.69 Å². The van der Waals surface area contributed by atoms with Crippen molar-refractivity contribution >= 4 is 17.4 Å². The lowest BCUT2D eigenvalue weighted by Crippen LogP contribution is -2.02. The van der Waals surface area contributed by atoms with Crippen molar-refractivity contribution in [3.63, 3.8) is 0 Å². The number of nitrogens with one attached hydrogen (secondary N) is 2. The monoisotopic (exact) mass is 210 g/mol. The smallest absolute Gasteiger partial charge is 0.149 e. The highest BCUT2D eigenvalue weighted by Gasteiger charge is 1.98. The van der Waals surface area contributed by atoms with Crippen LogP contribution in [-0.4, -0.2) is 25.4 Å². The Morgan fingerprint density at radius 1 is 1.36 bits per heavy atom. The SMILES string of the molecule is Clc1cncc(NCc2cn[nH]n2)n1. The average Bonchev–Trinajstić information content (AvgIpc) is 2.67. The van der Waals surface area contributed by atoms with Crippen LogP contribution in [0.4, 0.5) is 5.82 Å². The molecule has 2 N–H and O–H groups in total. The zero-order valence-electron chi connectivity index (χ0n) is 7.11. The van der Waals surface area contributed by atoms with Gasteiger partial charge < -0.3 is 5.32 Å². The molecule has 2 rings (SSSR count). The van der Waals surface area contributed by atoms with Crippen molar-refractivity contribution in [2.24, 2.45) is 0 Å². The van der Waals surface area contributed by atoms with E-state index in [1.165, 1.54) is 6.20 Å². The lowest BCUT2D eigenvalue weighted by atomic mass is 10.5. The molecule has 14 heavy (non-hydrogen) atoms. The van der Waals surface area contributed by atoms with Gasteiger partial charge >= 0.3 is 0 Å². The molecule has 7 heteroatoms. The fraction of sp³-hybridized carbons (Fsp3) is 0.143. The zero-order valence-corrected chi connectivity index (χ0v) is 7.86. The molecular weight excluding hydrogens is 204 g/mol. The maximum Gasteiger partial charge on any atom is 0.149 e. The lowest BCUT2D eigenvalue weighted by molar-refractivity contribution is 0.908. The van der Waals surface area contributed by atoms with Crippen molar-refractivity contribution in [3.8, 4) is 0 Å². The first kappa shape index (κ1) is 8.89. The molecule has 0 aliphatic carbocycles. The van der Waals surface area contributed by atoms with Gasteiger partial charge in [0, 0.05) is 0 Å². The van der Waals surface area contributed by atoms with E-state index < -0.39 is 0 Å². The summed E-state index contributed by atoms with van der Waals surface area (Å²) in [6, 6.07) is 0. The van der Waals surface area contributed by atoms with Gasteiger partial charge in [-0.05, 0) is 0 Å². The van der Waals surface area contributed by atoms with Crippen molar-refractivity contribution < 1.29 is 0 Å². The standard InChI is InChI=1S/C7H7ClN6/c8-6-3-9-4-7(12-6)10-1-5-2-11-14-13-5/h2-4H,1H2,(H,10,12)(H,11,13,14). The molecule has 2 heterocycles. The second-order valence-electron chi connectivity index (χ2n) is 2.54. The normalized spacial score (nSPS) is 10.1. The maximum atomic E-state index is 5.66. The predicted molar refractivity (Wildman–Crippen MR) is 50.8 cm³/mol. The van der Waals surface area contributed by atoms with Crippen LogP contribution in [0.2, 0.25) is 5.15 Å². The molecule has 2 aromatic rings. The van der Waals surface area contributed by atoms with Gasteiger partial charge in [0.25, 0.3) is 0 Å². The first-order valence-electron chi connectivity index (χ1n) is 3.90. The largest absolute Gasteiger partial charge is 0.363 e. The summed E-state index contributed by atoms with van der Waals surface area (Å²) in [7, 11) is 0. The van der Waals surface area contributed by atoms with E-state index in [1.54, 1.807) is 12.4 Å². The van der Waals surface area contributed by atoms with Gasteiger partial charge in [0.1, 0.15) is 16.7 Å². The number of rotatable bonds is 3. The fourth-order valence-corrected chi connectivity index (χ4v) is 1.07. The van der Waals surface area contributed by atoms with Crippen LogP contribution >= 0.6 is 11.6 Å². The molecule has 0 aromatic carbocycles. The molecule has 0 atom stereocenters. The molecule has 0 amide bonds. The van der Waals surface area contributed by atoms with E-state index in [0.29, 0.717) is 17.5 Å². The summed E-state index contributed by atoms with van der Waals surface area (Å²) in [5.74, 6) is 0.612. The molecule has 0 spiro atoms. The summed E-state index contributed by atoms with van der Waals surface area (Å²) in [4.78, 5) is 7.89. The molecular formula is C7H7ClN6. The highest BCUT2D eigenvalue weighted by Crippen LogP contribution is 2.07. The number of aromatic nitrogens is 5. The van der Waals surface area contributed by atoms with E-state index in [2.05, 4.69) is 30.7 Å². The minimum Gasteiger partial charge on any atom is -0.363 e. The van der Waals surface area contributed by atoms with E-state index in [4.69, 9.17) is 11.6 Å². The van der Waals surface area contributed by atoms with Crippen molar-refractivity contribution in [1.82, 2.24) is 25.4 Å².